The quantitative estimate of drug-likeness (QED) is 0.0829. The van der Waals surface area contributed by atoms with Gasteiger partial charge in [0.2, 0.25) is 15.9 Å². The molecule has 59 heavy (non-hydrogen) atoms. The molecule has 7 rings (SSSR count). The van der Waals surface area contributed by atoms with Crippen LogP contribution in [0.5, 0.6) is 0 Å². The first-order chi connectivity index (χ1) is 28.4. The molecule has 5 aromatic carbocycles. The largest absolute Gasteiger partial charge is 0.392 e. The number of anilines is 2. The van der Waals surface area contributed by atoms with Crippen LogP contribution in [0, 0.1) is 23.0 Å². The van der Waals surface area contributed by atoms with E-state index in [9.17, 15) is 28.4 Å². The van der Waals surface area contributed by atoms with Crippen LogP contribution in [-0.2, 0) is 37.3 Å². The van der Waals surface area contributed by atoms with Crippen molar-refractivity contribution >= 4 is 33.0 Å². The van der Waals surface area contributed by atoms with Crippen LogP contribution in [-0.4, -0.2) is 74.1 Å². The van der Waals surface area contributed by atoms with Crippen LogP contribution < -0.4 is 14.9 Å². The highest BCUT2D eigenvalue weighted by Gasteiger charge is 2.39. The number of hydrogen-bond acceptors (Lipinski definition) is 10. The van der Waals surface area contributed by atoms with Crippen LogP contribution in [0.25, 0.3) is 0 Å². The van der Waals surface area contributed by atoms with Gasteiger partial charge in [0.25, 0.3) is 5.69 Å². The van der Waals surface area contributed by atoms with Gasteiger partial charge in [-0.25, -0.2) is 8.42 Å². The highest BCUT2D eigenvalue weighted by atomic mass is 32.2. The van der Waals surface area contributed by atoms with Crippen molar-refractivity contribution in [2.75, 3.05) is 42.9 Å². The fraction of sp³-hybridized carbons (Fsp3) is 0.311. The Labute approximate surface area is 344 Å². The van der Waals surface area contributed by atoms with E-state index in [0.29, 0.717) is 12.2 Å². The van der Waals surface area contributed by atoms with Crippen molar-refractivity contribution in [3.63, 3.8) is 0 Å². The highest BCUT2D eigenvalue weighted by Crippen LogP contribution is 2.42. The number of non-ortho nitro benzene ring substituents is 1. The average molecular weight is 820 g/mol. The van der Waals surface area contributed by atoms with Gasteiger partial charge in [-0.15, -0.1) is 0 Å². The Morgan fingerprint density at radius 3 is 2.10 bits per heavy atom. The number of aliphatic hydroxyl groups is 1. The lowest BCUT2D eigenvalue weighted by atomic mass is 9.90. The molecule has 5 atom stereocenters. The average Bonchev–Trinajstić information content (AvgIpc) is 3.25. The van der Waals surface area contributed by atoms with E-state index in [2.05, 4.69) is 26.8 Å². The Bertz CT molecular complexity index is 2290. The predicted molar refractivity (Wildman–Crippen MR) is 225 cm³/mol. The standard InChI is InChI=1S/C45H49N5O8S/c1-31-8-22-40(23-9-31)59(55,56)47-41(28-33-6-4-3-5-7-33)44(52)46-37-16-14-36(15-17-37)45-57-42(32(2)43(58-45)35-12-10-34(30-51)11-13-35)29-48-24-26-49(27-25-48)38-18-20-39(21-19-38)50(53)54/h3-23,32,41-43,45,47,51H,24-30H2,1-2H3,(H,46,52). The van der Waals surface area contributed by atoms with Crippen LogP contribution in [0.1, 0.15) is 47.1 Å². The fourth-order valence-corrected chi connectivity index (χ4v) is 8.72. The summed E-state index contributed by atoms with van der Waals surface area (Å²) in [5, 5.41) is 23.7. The summed E-state index contributed by atoms with van der Waals surface area (Å²) in [6.45, 7) is 7.69. The van der Waals surface area contributed by atoms with Gasteiger partial charge in [-0.1, -0.05) is 91.3 Å². The summed E-state index contributed by atoms with van der Waals surface area (Å²) in [5.74, 6) is -0.529. The van der Waals surface area contributed by atoms with Gasteiger partial charge in [0, 0.05) is 67.7 Å². The van der Waals surface area contributed by atoms with Gasteiger partial charge in [0.05, 0.1) is 28.6 Å². The van der Waals surface area contributed by atoms with E-state index in [1.807, 2.05) is 73.7 Å². The van der Waals surface area contributed by atoms with Gasteiger partial charge < -0.3 is 24.8 Å². The number of ether oxygens (including phenoxy) is 2. The molecular formula is C45H49N5O8S. The first-order valence-electron chi connectivity index (χ1n) is 19.7. The molecule has 5 aromatic rings. The second-order valence-electron chi connectivity index (χ2n) is 15.2. The molecule has 0 aromatic heterocycles. The van der Waals surface area contributed by atoms with Crippen LogP contribution in [0.3, 0.4) is 0 Å². The Hall–Kier alpha value is -5.48. The summed E-state index contributed by atoms with van der Waals surface area (Å²) in [5.41, 5.74) is 5.75. The lowest BCUT2D eigenvalue weighted by molar-refractivity contribution is -0.384. The van der Waals surface area contributed by atoms with Crippen molar-refractivity contribution in [3.05, 3.63) is 165 Å². The molecule has 2 saturated heterocycles. The predicted octanol–water partition coefficient (Wildman–Crippen LogP) is 6.54. The molecule has 2 aliphatic heterocycles. The van der Waals surface area contributed by atoms with Gasteiger partial charge in [0.15, 0.2) is 6.29 Å². The third-order valence-electron chi connectivity index (χ3n) is 11.0. The zero-order valence-electron chi connectivity index (χ0n) is 33.0. The van der Waals surface area contributed by atoms with Gasteiger partial charge >= 0.3 is 0 Å². The van der Waals surface area contributed by atoms with Crippen LogP contribution in [0.4, 0.5) is 17.1 Å². The third kappa shape index (κ3) is 10.4. The molecule has 0 aliphatic carbocycles. The normalized spacial score (nSPS) is 20.5. The van der Waals surface area contributed by atoms with Crippen molar-refractivity contribution < 1.29 is 32.7 Å². The number of amides is 1. The number of aliphatic hydroxyl groups excluding tert-OH is 1. The van der Waals surface area contributed by atoms with Gasteiger partial charge in [-0.2, -0.15) is 4.72 Å². The van der Waals surface area contributed by atoms with Crippen molar-refractivity contribution in [1.29, 1.82) is 0 Å². The Balaban J connectivity index is 1.05. The topological polar surface area (TPSA) is 164 Å². The molecule has 1 amide bonds. The monoisotopic (exact) mass is 819 g/mol. The molecule has 0 spiro atoms. The number of rotatable bonds is 14. The van der Waals surface area contributed by atoms with E-state index in [-0.39, 0.29) is 41.7 Å². The molecule has 2 heterocycles. The number of nitrogens with one attached hydrogen (secondary N) is 2. The van der Waals surface area contributed by atoms with E-state index in [0.717, 1.165) is 59.7 Å². The molecule has 5 unspecified atom stereocenters. The lowest BCUT2D eigenvalue weighted by Crippen LogP contribution is -2.51. The van der Waals surface area contributed by atoms with Gasteiger partial charge in [0.1, 0.15) is 6.04 Å². The number of nitro benzene ring substituents is 1. The minimum atomic E-state index is -4.01. The number of hydrogen-bond donors (Lipinski definition) is 3. The van der Waals surface area contributed by atoms with E-state index in [4.69, 9.17) is 9.47 Å². The number of piperazine rings is 1. The number of aryl methyl sites for hydroxylation is 1. The highest BCUT2D eigenvalue weighted by molar-refractivity contribution is 7.89. The molecule has 2 fully saturated rings. The number of nitro groups is 1. The number of nitrogens with zero attached hydrogens (tertiary/aromatic N) is 3. The molecular weight excluding hydrogens is 771 g/mol. The molecule has 2 aliphatic rings. The SMILES string of the molecule is Cc1ccc(S(=O)(=O)NC(Cc2ccccc2)C(=O)Nc2ccc(C3OC(CN4CCN(c5ccc([N+](=O)[O-])cc5)CC4)C(C)C(c4ccc(CO)cc4)O3)cc2)cc1. The zero-order valence-corrected chi connectivity index (χ0v) is 33.8. The third-order valence-corrected chi connectivity index (χ3v) is 12.5. The zero-order chi connectivity index (χ0) is 41.5. The summed E-state index contributed by atoms with van der Waals surface area (Å²) >= 11 is 0. The molecule has 0 saturated carbocycles. The molecule has 308 valence electrons. The Kier molecular flexibility index (Phi) is 13.2. The minimum Gasteiger partial charge on any atom is -0.392 e. The summed E-state index contributed by atoms with van der Waals surface area (Å²) in [6, 6.07) is 36.2. The maximum Gasteiger partial charge on any atom is 0.269 e. The molecule has 0 radical (unpaired) electrons. The first kappa shape index (κ1) is 41.7. The summed E-state index contributed by atoms with van der Waals surface area (Å²) in [4.78, 5) is 29.2. The van der Waals surface area contributed by atoms with Crippen LogP contribution >= 0.6 is 0 Å². The molecule has 3 N–H and O–H groups in total. The molecule has 14 heteroatoms. The first-order valence-corrected chi connectivity index (χ1v) is 21.2. The van der Waals surface area contributed by atoms with E-state index < -0.39 is 33.2 Å². The fourth-order valence-electron chi connectivity index (χ4n) is 7.52. The number of benzene rings is 5. The van der Waals surface area contributed by atoms with Crippen LogP contribution in [0.15, 0.2) is 132 Å². The van der Waals surface area contributed by atoms with Crippen LogP contribution in [0.2, 0.25) is 0 Å². The minimum absolute atomic E-state index is 0.0253. The lowest BCUT2D eigenvalue weighted by Gasteiger charge is -2.44. The smallest absolute Gasteiger partial charge is 0.269 e. The van der Waals surface area contributed by atoms with Gasteiger partial charge in [-0.05, 0) is 66.4 Å². The maximum absolute atomic E-state index is 13.8. The number of carbonyl (C=O) groups excluding carboxylic acids is 1. The second kappa shape index (κ2) is 18.6. The van der Waals surface area contributed by atoms with Gasteiger partial charge in [-0.3, -0.25) is 19.8 Å². The van der Waals surface area contributed by atoms with Crippen molar-refractivity contribution in [2.24, 2.45) is 5.92 Å². The van der Waals surface area contributed by atoms with E-state index >= 15 is 0 Å². The van der Waals surface area contributed by atoms with E-state index in [1.54, 1.807) is 36.4 Å². The van der Waals surface area contributed by atoms with Crippen molar-refractivity contribution in [1.82, 2.24) is 9.62 Å². The second-order valence-corrected chi connectivity index (χ2v) is 16.9. The molecule has 0 bridgehead atoms. The summed E-state index contributed by atoms with van der Waals surface area (Å²) in [7, 11) is -4.01. The Morgan fingerprint density at radius 2 is 1.47 bits per heavy atom. The maximum atomic E-state index is 13.8. The Morgan fingerprint density at radius 1 is 0.831 bits per heavy atom. The number of sulfonamides is 1. The summed E-state index contributed by atoms with van der Waals surface area (Å²) < 4.78 is 42.8. The van der Waals surface area contributed by atoms with Crippen molar-refractivity contribution in [2.45, 2.75) is 56.3 Å². The van der Waals surface area contributed by atoms with E-state index in [1.165, 1.54) is 24.3 Å². The molecule has 13 nitrogen and oxygen atoms in total. The van der Waals surface area contributed by atoms with Crippen molar-refractivity contribution in [3.8, 4) is 0 Å². The number of carbonyl (C=O) groups is 1. The summed E-state index contributed by atoms with van der Waals surface area (Å²) in [6.07, 6.45) is -1.10.